The first-order chi connectivity index (χ1) is 10.6. The number of rotatable bonds is 3. The SMILES string of the molecule is CC(C)=CCC1(c2ccccc2)CC(=O)c2ccccc2O1. The minimum absolute atomic E-state index is 0.146. The number of ether oxygens (including phenoxy) is 1. The molecule has 0 fully saturated rings. The molecular weight excluding hydrogens is 272 g/mol. The van der Waals surface area contributed by atoms with E-state index in [1.54, 1.807) is 0 Å². The predicted octanol–water partition coefficient (Wildman–Crippen LogP) is 4.90. The lowest BCUT2D eigenvalue weighted by Gasteiger charge is -2.38. The van der Waals surface area contributed by atoms with Crippen LogP contribution >= 0.6 is 0 Å². The second-order valence-corrected chi connectivity index (χ2v) is 6.04. The van der Waals surface area contributed by atoms with Gasteiger partial charge in [0.05, 0.1) is 12.0 Å². The van der Waals surface area contributed by atoms with E-state index in [0.29, 0.717) is 24.2 Å². The number of carbonyl (C=O) groups is 1. The van der Waals surface area contributed by atoms with Gasteiger partial charge in [0, 0.05) is 6.42 Å². The summed E-state index contributed by atoms with van der Waals surface area (Å²) in [6.45, 7) is 4.13. The number of carbonyl (C=O) groups excluding carboxylic acids is 1. The molecule has 2 aromatic rings. The van der Waals surface area contributed by atoms with Crippen LogP contribution in [0.2, 0.25) is 0 Å². The normalized spacial score (nSPS) is 20.0. The van der Waals surface area contributed by atoms with Gasteiger partial charge in [0.2, 0.25) is 0 Å². The highest BCUT2D eigenvalue weighted by atomic mass is 16.5. The number of ketones is 1. The monoisotopic (exact) mass is 292 g/mol. The second kappa shape index (κ2) is 5.80. The summed E-state index contributed by atoms with van der Waals surface area (Å²) in [6, 6.07) is 17.6. The molecule has 0 aliphatic carbocycles. The van der Waals surface area contributed by atoms with E-state index in [0.717, 1.165) is 5.56 Å². The minimum atomic E-state index is -0.607. The molecule has 0 spiro atoms. The molecule has 0 aromatic heterocycles. The van der Waals surface area contributed by atoms with Gasteiger partial charge in [-0.15, -0.1) is 0 Å². The van der Waals surface area contributed by atoms with Gasteiger partial charge < -0.3 is 4.74 Å². The number of hydrogen-bond acceptors (Lipinski definition) is 2. The quantitative estimate of drug-likeness (QED) is 0.752. The van der Waals surface area contributed by atoms with Gasteiger partial charge in [-0.3, -0.25) is 4.79 Å². The van der Waals surface area contributed by atoms with Crippen LogP contribution in [0.4, 0.5) is 0 Å². The molecule has 22 heavy (non-hydrogen) atoms. The molecule has 2 nitrogen and oxygen atoms in total. The largest absolute Gasteiger partial charge is 0.481 e. The first kappa shape index (κ1) is 14.6. The topological polar surface area (TPSA) is 26.3 Å². The molecule has 1 heterocycles. The zero-order chi connectivity index (χ0) is 15.6. The van der Waals surface area contributed by atoms with Gasteiger partial charge in [0.1, 0.15) is 11.4 Å². The van der Waals surface area contributed by atoms with E-state index in [-0.39, 0.29) is 5.78 Å². The van der Waals surface area contributed by atoms with Crippen molar-refractivity contribution >= 4 is 5.78 Å². The Labute approximate surface area is 131 Å². The van der Waals surface area contributed by atoms with Crippen LogP contribution in [0.15, 0.2) is 66.2 Å². The number of Topliss-reactive ketones (excluding diaryl/α,β-unsaturated/α-hetero) is 1. The van der Waals surface area contributed by atoms with Crippen LogP contribution in [0, 0.1) is 0 Å². The van der Waals surface area contributed by atoms with Crippen molar-refractivity contribution in [2.24, 2.45) is 0 Å². The van der Waals surface area contributed by atoms with Crippen LogP contribution < -0.4 is 4.74 Å². The molecule has 0 saturated carbocycles. The third-order valence-electron chi connectivity index (χ3n) is 4.08. The Morgan fingerprint density at radius 1 is 1.09 bits per heavy atom. The van der Waals surface area contributed by atoms with E-state index >= 15 is 0 Å². The maximum absolute atomic E-state index is 12.6. The first-order valence-corrected chi connectivity index (χ1v) is 7.61. The van der Waals surface area contributed by atoms with Gasteiger partial charge in [0.25, 0.3) is 0 Å². The van der Waals surface area contributed by atoms with Crippen LogP contribution in [-0.4, -0.2) is 5.78 Å². The van der Waals surface area contributed by atoms with Crippen molar-refractivity contribution < 1.29 is 9.53 Å². The van der Waals surface area contributed by atoms with Crippen molar-refractivity contribution in [2.75, 3.05) is 0 Å². The molecule has 0 amide bonds. The fraction of sp³-hybridized carbons (Fsp3) is 0.250. The third kappa shape index (κ3) is 2.69. The number of benzene rings is 2. The van der Waals surface area contributed by atoms with E-state index in [9.17, 15) is 4.79 Å². The van der Waals surface area contributed by atoms with Crippen molar-refractivity contribution in [3.05, 3.63) is 77.4 Å². The summed E-state index contributed by atoms with van der Waals surface area (Å²) in [5.74, 6) is 0.831. The lowest BCUT2D eigenvalue weighted by Crippen LogP contribution is -2.39. The molecule has 0 N–H and O–H groups in total. The van der Waals surface area contributed by atoms with E-state index in [2.05, 4.69) is 19.9 Å². The van der Waals surface area contributed by atoms with Crippen LogP contribution in [0.25, 0.3) is 0 Å². The van der Waals surface area contributed by atoms with Gasteiger partial charge in [-0.05, 0) is 31.5 Å². The fourth-order valence-corrected chi connectivity index (χ4v) is 2.89. The first-order valence-electron chi connectivity index (χ1n) is 7.61. The number of para-hydroxylation sites is 1. The molecule has 1 aliphatic rings. The summed E-state index contributed by atoms with van der Waals surface area (Å²) in [5, 5.41) is 0. The fourth-order valence-electron chi connectivity index (χ4n) is 2.89. The number of fused-ring (bicyclic) bond motifs is 1. The van der Waals surface area contributed by atoms with Crippen molar-refractivity contribution in [1.29, 1.82) is 0 Å². The second-order valence-electron chi connectivity index (χ2n) is 6.04. The van der Waals surface area contributed by atoms with Gasteiger partial charge in [0.15, 0.2) is 5.78 Å². The Morgan fingerprint density at radius 2 is 1.77 bits per heavy atom. The van der Waals surface area contributed by atoms with Crippen molar-refractivity contribution in [3.8, 4) is 5.75 Å². The Hall–Kier alpha value is -2.35. The highest BCUT2D eigenvalue weighted by molar-refractivity contribution is 6.00. The Kier molecular flexibility index (Phi) is 3.84. The highest BCUT2D eigenvalue weighted by Gasteiger charge is 2.41. The molecule has 2 heteroatoms. The van der Waals surface area contributed by atoms with E-state index in [1.165, 1.54) is 5.57 Å². The Balaban J connectivity index is 2.08. The molecule has 0 bridgehead atoms. The zero-order valence-electron chi connectivity index (χ0n) is 13.0. The molecule has 0 radical (unpaired) electrons. The minimum Gasteiger partial charge on any atom is -0.481 e. The van der Waals surface area contributed by atoms with Gasteiger partial charge >= 0.3 is 0 Å². The van der Waals surface area contributed by atoms with Crippen LogP contribution in [-0.2, 0) is 5.60 Å². The average molecular weight is 292 g/mol. The maximum Gasteiger partial charge on any atom is 0.170 e. The molecule has 0 saturated heterocycles. The molecule has 2 aromatic carbocycles. The van der Waals surface area contributed by atoms with E-state index < -0.39 is 5.60 Å². The molecule has 1 aliphatic heterocycles. The van der Waals surface area contributed by atoms with Gasteiger partial charge in [-0.2, -0.15) is 0 Å². The smallest absolute Gasteiger partial charge is 0.170 e. The van der Waals surface area contributed by atoms with E-state index in [1.807, 2.05) is 54.6 Å². The van der Waals surface area contributed by atoms with Crippen LogP contribution in [0.3, 0.4) is 0 Å². The van der Waals surface area contributed by atoms with Crippen molar-refractivity contribution in [2.45, 2.75) is 32.3 Å². The number of hydrogen-bond donors (Lipinski definition) is 0. The summed E-state index contributed by atoms with van der Waals surface area (Å²) >= 11 is 0. The van der Waals surface area contributed by atoms with Gasteiger partial charge in [-0.1, -0.05) is 54.1 Å². The summed E-state index contributed by atoms with van der Waals surface area (Å²) in [7, 11) is 0. The summed E-state index contributed by atoms with van der Waals surface area (Å²) in [6.07, 6.45) is 3.21. The standard InChI is InChI=1S/C20H20O2/c1-15(2)12-13-20(16-8-4-3-5-9-16)14-18(21)17-10-6-7-11-19(17)22-20/h3-12H,13-14H2,1-2H3. The molecule has 1 atom stereocenters. The summed E-state index contributed by atoms with van der Waals surface area (Å²) < 4.78 is 6.36. The molecule has 112 valence electrons. The number of allylic oxidation sites excluding steroid dienone is 1. The lowest BCUT2D eigenvalue weighted by atomic mass is 9.81. The van der Waals surface area contributed by atoms with Crippen molar-refractivity contribution in [1.82, 2.24) is 0 Å². The third-order valence-corrected chi connectivity index (χ3v) is 4.08. The highest BCUT2D eigenvalue weighted by Crippen LogP contribution is 2.42. The van der Waals surface area contributed by atoms with E-state index in [4.69, 9.17) is 4.74 Å². The Morgan fingerprint density at radius 3 is 2.50 bits per heavy atom. The summed E-state index contributed by atoms with van der Waals surface area (Å²) in [4.78, 5) is 12.6. The predicted molar refractivity (Wildman–Crippen MR) is 88.2 cm³/mol. The van der Waals surface area contributed by atoms with Gasteiger partial charge in [-0.25, -0.2) is 0 Å². The average Bonchev–Trinajstić information content (AvgIpc) is 2.54. The zero-order valence-corrected chi connectivity index (χ0v) is 13.0. The Bertz CT molecular complexity index is 711. The maximum atomic E-state index is 12.6. The van der Waals surface area contributed by atoms with Crippen LogP contribution in [0.1, 0.15) is 42.6 Å². The van der Waals surface area contributed by atoms with Crippen LogP contribution in [0.5, 0.6) is 5.75 Å². The molecular formula is C20H20O2. The van der Waals surface area contributed by atoms with Crippen molar-refractivity contribution in [3.63, 3.8) is 0 Å². The lowest BCUT2D eigenvalue weighted by molar-refractivity contribution is 0.0397. The molecule has 3 rings (SSSR count). The molecule has 1 unspecified atom stereocenters. The summed E-state index contributed by atoms with van der Waals surface area (Å²) in [5.41, 5.74) is 2.36.